The van der Waals surface area contributed by atoms with E-state index in [2.05, 4.69) is 0 Å². The molecule has 0 fully saturated rings. The van der Waals surface area contributed by atoms with Gasteiger partial charge in [-0.25, -0.2) is 4.39 Å². The first-order valence-electron chi connectivity index (χ1n) is 4.64. The van der Waals surface area contributed by atoms with Crippen molar-refractivity contribution in [2.24, 2.45) is 0 Å². The van der Waals surface area contributed by atoms with Crippen molar-refractivity contribution in [2.45, 2.75) is 13.0 Å². The lowest BCUT2D eigenvalue weighted by Crippen LogP contribution is -1.99. The molecule has 1 unspecified atom stereocenters. The van der Waals surface area contributed by atoms with Gasteiger partial charge in [-0.2, -0.15) is 11.3 Å². The van der Waals surface area contributed by atoms with Crippen LogP contribution in [0.25, 0.3) is 0 Å². The summed E-state index contributed by atoms with van der Waals surface area (Å²) in [5.41, 5.74) is 2.68. The van der Waals surface area contributed by atoms with E-state index in [9.17, 15) is 9.50 Å². The Bertz CT molecular complexity index is 447. The van der Waals surface area contributed by atoms with Gasteiger partial charge in [0.05, 0.1) is 0 Å². The third kappa shape index (κ3) is 2.08. The average Bonchev–Trinajstić information content (AvgIpc) is 2.65. The standard InChI is InChI=1S/C12H11FOS/c1-8-6-15-7-11(8)12(14)9-2-4-10(13)5-3-9/h2-7,12,14H,1H3. The summed E-state index contributed by atoms with van der Waals surface area (Å²) < 4.78 is 12.7. The van der Waals surface area contributed by atoms with Gasteiger partial charge in [0.15, 0.2) is 0 Å². The minimum Gasteiger partial charge on any atom is -0.384 e. The van der Waals surface area contributed by atoms with Crippen LogP contribution < -0.4 is 0 Å². The van der Waals surface area contributed by atoms with Gasteiger partial charge in [-0.15, -0.1) is 0 Å². The number of aliphatic hydroxyl groups excluding tert-OH is 1. The minimum atomic E-state index is -0.656. The van der Waals surface area contributed by atoms with Crippen molar-refractivity contribution in [1.29, 1.82) is 0 Å². The molecule has 2 aromatic rings. The highest BCUT2D eigenvalue weighted by molar-refractivity contribution is 7.08. The Kier molecular flexibility index (Phi) is 2.84. The maximum Gasteiger partial charge on any atom is 0.123 e. The summed E-state index contributed by atoms with van der Waals surface area (Å²) in [4.78, 5) is 0. The molecule has 0 aliphatic heterocycles. The highest BCUT2D eigenvalue weighted by Gasteiger charge is 2.13. The molecule has 1 atom stereocenters. The van der Waals surface area contributed by atoms with Crippen LogP contribution in [0.4, 0.5) is 4.39 Å². The molecule has 0 saturated carbocycles. The van der Waals surface area contributed by atoms with E-state index in [0.29, 0.717) is 0 Å². The highest BCUT2D eigenvalue weighted by atomic mass is 32.1. The number of benzene rings is 1. The summed E-state index contributed by atoms with van der Waals surface area (Å²) in [6.45, 7) is 1.96. The normalized spacial score (nSPS) is 12.7. The molecule has 1 N–H and O–H groups in total. The molecule has 1 aromatic carbocycles. The Hall–Kier alpha value is -1.19. The zero-order valence-electron chi connectivity index (χ0n) is 8.27. The lowest BCUT2D eigenvalue weighted by atomic mass is 10.0. The summed E-state index contributed by atoms with van der Waals surface area (Å²) in [5, 5.41) is 13.9. The van der Waals surface area contributed by atoms with Crippen LogP contribution in [0.15, 0.2) is 35.0 Å². The van der Waals surface area contributed by atoms with Gasteiger partial charge in [-0.3, -0.25) is 0 Å². The van der Waals surface area contributed by atoms with Crippen molar-refractivity contribution in [3.05, 3.63) is 57.5 Å². The molecule has 0 aliphatic rings. The van der Waals surface area contributed by atoms with E-state index >= 15 is 0 Å². The topological polar surface area (TPSA) is 20.2 Å². The molecule has 0 aliphatic carbocycles. The third-order valence-electron chi connectivity index (χ3n) is 2.38. The van der Waals surface area contributed by atoms with Gasteiger partial charge in [-0.1, -0.05) is 12.1 Å². The fraction of sp³-hybridized carbons (Fsp3) is 0.167. The summed E-state index contributed by atoms with van der Waals surface area (Å²) in [7, 11) is 0. The number of thiophene rings is 1. The molecule has 1 heterocycles. The third-order valence-corrected chi connectivity index (χ3v) is 3.26. The molecule has 1 nitrogen and oxygen atoms in total. The van der Waals surface area contributed by atoms with E-state index in [4.69, 9.17) is 0 Å². The van der Waals surface area contributed by atoms with Crippen molar-refractivity contribution in [3.8, 4) is 0 Å². The maximum absolute atomic E-state index is 12.7. The summed E-state index contributed by atoms with van der Waals surface area (Å²) in [6.07, 6.45) is -0.656. The molecule has 0 amide bonds. The van der Waals surface area contributed by atoms with Gasteiger partial charge in [-0.05, 0) is 46.5 Å². The molecule has 0 saturated heterocycles. The maximum atomic E-state index is 12.7. The van der Waals surface area contributed by atoms with Crippen LogP contribution in [0.3, 0.4) is 0 Å². The van der Waals surface area contributed by atoms with E-state index in [1.807, 2.05) is 17.7 Å². The smallest absolute Gasteiger partial charge is 0.123 e. The van der Waals surface area contributed by atoms with E-state index < -0.39 is 6.10 Å². The van der Waals surface area contributed by atoms with Crippen LogP contribution >= 0.6 is 11.3 Å². The SMILES string of the molecule is Cc1cscc1C(O)c1ccc(F)cc1. The average molecular weight is 222 g/mol. The molecule has 3 heteroatoms. The number of aliphatic hydroxyl groups is 1. The minimum absolute atomic E-state index is 0.284. The molecule has 2 rings (SSSR count). The lowest BCUT2D eigenvalue weighted by molar-refractivity contribution is 0.220. The van der Waals surface area contributed by atoms with E-state index in [1.165, 1.54) is 12.1 Å². The molecular formula is C12H11FOS. The first kappa shape index (κ1) is 10.3. The predicted molar refractivity (Wildman–Crippen MR) is 59.5 cm³/mol. The van der Waals surface area contributed by atoms with Gasteiger partial charge in [0.2, 0.25) is 0 Å². The Balaban J connectivity index is 2.32. The van der Waals surface area contributed by atoms with E-state index in [0.717, 1.165) is 16.7 Å². The Labute approximate surface area is 91.8 Å². The van der Waals surface area contributed by atoms with E-state index in [1.54, 1.807) is 23.5 Å². The van der Waals surface area contributed by atoms with Crippen molar-refractivity contribution in [3.63, 3.8) is 0 Å². The Morgan fingerprint density at radius 3 is 2.40 bits per heavy atom. The number of rotatable bonds is 2. The van der Waals surface area contributed by atoms with Crippen molar-refractivity contribution >= 4 is 11.3 Å². The fourth-order valence-electron chi connectivity index (χ4n) is 1.48. The van der Waals surface area contributed by atoms with E-state index in [-0.39, 0.29) is 5.82 Å². The van der Waals surface area contributed by atoms with Gasteiger partial charge >= 0.3 is 0 Å². The second kappa shape index (κ2) is 4.13. The first-order valence-corrected chi connectivity index (χ1v) is 5.59. The Morgan fingerprint density at radius 2 is 1.87 bits per heavy atom. The van der Waals surface area contributed by atoms with Crippen LogP contribution in [0.1, 0.15) is 22.8 Å². The molecule has 1 aromatic heterocycles. The van der Waals surface area contributed by atoms with Crippen LogP contribution in [0, 0.1) is 12.7 Å². The zero-order chi connectivity index (χ0) is 10.8. The Morgan fingerprint density at radius 1 is 1.20 bits per heavy atom. The zero-order valence-corrected chi connectivity index (χ0v) is 9.09. The van der Waals surface area contributed by atoms with Crippen LogP contribution in [-0.4, -0.2) is 5.11 Å². The second-order valence-electron chi connectivity index (χ2n) is 3.46. The van der Waals surface area contributed by atoms with Gasteiger partial charge in [0.1, 0.15) is 11.9 Å². The number of halogens is 1. The second-order valence-corrected chi connectivity index (χ2v) is 4.21. The molecule has 0 radical (unpaired) electrons. The monoisotopic (exact) mass is 222 g/mol. The van der Waals surface area contributed by atoms with Gasteiger partial charge in [0, 0.05) is 0 Å². The van der Waals surface area contributed by atoms with Gasteiger partial charge in [0.25, 0.3) is 0 Å². The number of hydrogen-bond acceptors (Lipinski definition) is 2. The van der Waals surface area contributed by atoms with Crippen molar-refractivity contribution < 1.29 is 9.50 Å². The molecule has 0 bridgehead atoms. The fourth-order valence-corrected chi connectivity index (χ4v) is 2.34. The predicted octanol–water partition coefficient (Wildman–Crippen LogP) is 3.28. The molecular weight excluding hydrogens is 211 g/mol. The van der Waals surface area contributed by atoms with Gasteiger partial charge < -0.3 is 5.11 Å². The van der Waals surface area contributed by atoms with Crippen LogP contribution in [0.5, 0.6) is 0 Å². The quantitative estimate of drug-likeness (QED) is 0.826. The summed E-state index contributed by atoms with van der Waals surface area (Å²) in [6, 6.07) is 5.94. The lowest BCUT2D eigenvalue weighted by Gasteiger charge is -2.10. The summed E-state index contributed by atoms with van der Waals surface area (Å²) >= 11 is 1.56. The van der Waals surface area contributed by atoms with Crippen LogP contribution in [0.2, 0.25) is 0 Å². The number of aryl methyl sites for hydroxylation is 1. The largest absolute Gasteiger partial charge is 0.384 e. The summed E-state index contributed by atoms with van der Waals surface area (Å²) in [5.74, 6) is -0.284. The molecule has 78 valence electrons. The molecule has 0 spiro atoms. The molecule has 15 heavy (non-hydrogen) atoms. The van der Waals surface area contributed by atoms with Crippen molar-refractivity contribution in [2.75, 3.05) is 0 Å². The first-order chi connectivity index (χ1) is 7.18. The van der Waals surface area contributed by atoms with Crippen molar-refractivity contribution in [1.82, 2.24) is 0 Å². The van der Waals surface area contributed by atoms with Crippen LogP contribution in [-0.2, 0) is 0 Å². The highest BCUT2D eigenvalue weighted by Crippen LogP contribution is 2.27. The number of hydrogen-bond donors (Lipinski definition) is 1.